The Bertz CT molecular complexity index is 169. The molecule has 1 saturated carbocycles. The van der Waals surface area contributed by atoms with Crippen molar-refractivity contribution < 1.29 is 0 Å². The van der Waals surface area contributed by atoms with Gasteiger partial charge in [-0.2, -0.15) is 0 Å². The summed E-state index contributed by atoms with van der Waals surface area (Å²) < 4.78 is 0. The normalized spacial score (nSPS) is 21.9. The minimum absolute atomic E-state index is 0.254. The summed E-state index contributed by atoms with van der Waals surface area (Å²) in [6.07, 6.45) is 5.66. The highest BCUT2D eigenvalue weighted by Crippen LogP contribution is 2.33. The first-order valence-corrected chi connectivity index (χ1v) is 5.85. The summed E-state index contributed by atoms with van der Waals surface area (Å²) in [4.78, 5) is 2.34. The maximum Gasteiger partial charge on any atom is 0.0302 e. The van der Waals surface area contributed by atoms with Crippen molar-refractivity contribution in [2.24, 2.45) is 5.92 Å². The van der Waals surface area contributed by atoms with Gasteiger partial charge in [-0.1, -0.05) is 12.8 Å². The molecule has 2 nitrogen and oxygen atoms in total. The van der Waals surface area contributed by atoms with E-state index in [0.29, 0.717) is 6.04 Å². The molecule has 14 heavy (non-hydrogen) atoms. The summed E-state index contributed by atoms with van der Waals surface area (Å²) in [7, 11) is 6.47. The zero-order valence-corrected chi connectivity index (χ0v) is 10.4. The van der Waals surface area contributed by atoms with Crippen molar-refractivity contribution in [3.05, 3.63) is 0 Å². The third-order valence-electron chi connectivity index (χ3n) is 4.10. The number of hydrogen-bond donors (Lipinski definition) is 1. The Hall–Kier alpha value is -0.0800. The first-order chi connectivity index (χ1) is 6.50. The minimum atomic E-state index is 0.254. The number of nitrogens with one attached hydrogen (secondary N) is 1. The Labute approximate surface area is 89.1 Å². The number of rotatable bonds is 4. The maximum atomic E-state index is 3.52. The fourth-order valence-corrected chi connectivity index (χ4v) is 2.73. The highest BCUT2D eigenvalue weighted by molar-refractivity contribution is 4.96. The predicted molar refractivity (Wildman–Crippen MR) is 62.6 cm³/mol. The molecule has 1 rings (SSSR count). The average molecular weight is 198 g/mol. The fraction of sp³-hybridized carbons (Fsp3) is 1.00. The second-order valence-electron chi connectivity index (χ2n) is 5.36. The van der Waals surface area contributed by atoms with E-state index in [1.807, 2.05) is 0 Å². The van der Waals surface area contributed by atoms with E-state index in [1.165, 1.54) is 25.7 Å². The Morgan fingerprint density at radius 2 is 1.71 bits per heavy atom. The third kappa shape index (κ3) is 2.29. The molecule has 0 aromatic carbocycles. The van der Waals surface area contributed by atoms with Gasteiger partial charge in [0, 0.05) is 11.6 Å². The Balaban J connectivity index is 2.68. The molecule has 0 radical (unpaired) electrons. The van der Waals surface area contributed by atoms with Crippen molar-refractivity contribution in [1.82, 2.24) is 10.2 Å². The monoisotopic (exact) mass is 198 g/mol. The second-order valence-corrected chi connectivity index (χ2v) is 5.36. The molecule has 1 fully saturated rings. The largest absolute Gasteiger partial charge is 0.315 e. The standard InChI is InChI=1S/C12H26N2/c1-12(2,14(4)5)11(13-3)10-8-6-7-9-10/h10-11,13H,6-9H2,1-5H3. The van der Waals surface area contributed by atoms with E-state index in [0.717, 1.165) is 5.92 Å². The SMILES string of the molecule is CNC(C1CCCC1)C(C)(C)N(C)C. The molecule has 0 bridgehead atoms. The molecular formula is C12H26N2. The first-order valence-electron chi connectivity index (χ1n) is 5.85. The van der Waals surface area contributed by atoms with Crippen LogP contribution in [0.3, 0.4) is 0 Å². The smallest absolute Gasteiger partial charge is 0.0302 e. The molecule has 1 unspecified atom stereocenters. The van der Waals surface area contributed by atoms with Gasteiger partial charge in [-0.25, -0.2) is 0 Å². The summed E-state index contributed by atoms with van der Waals surface area (Å²) in [6.45, 7) is 4.68. The second kappa shape index (κ2) is 4.63. The van der Waals surface area contributed by atoms with Crippen LogP contribution >= 0.6 is 0 Å². The number of nitrogens with zero attached hydrogens (tertiary/aromatic N) is 1. The van der Waals surface area contributed by atoms with E-state index in [9.17, 15) is 0 Å². The average Bonchev–Trinajstić information content (AvgIpc) is 2.57. The lowest BCUT2D eigenvalue weighted by atomic mass is 9.82. The van der Waals surface area contributed by atoms with Crippen molar-refractivity contribution in [2.45, 2.75) is 51.1 Å². The highest BCUT2D eigenvalue weighted by Gasteiger charge is 2.37. The molecule has 1 aliphatic rings. The molecule has 1 atom stereocenters. The molecule has 0 aliphatic heterocycles. The first kappa shape index (κ1) is 12.0. The van der Waals surface area contributed by atoms with Gasteiger partial charge in [-0.05, 0) is 53.8 Å². The third-order valence-corrected chi connectivity index (χ3v) is 4.10. The quantitative estimate of drug-likeness (QED) is 0.744. The molecule has 2 heteroatoms. The van der Waals surface area contributed by atoms with Crippen LogP contribution in [0.4, 0.5) is 0 Å². The van der Waals surface area contributed by atoms with Crippen molar-refractivity contribution in [2.75, 3.05) is 21.1 Å². The van der Waals surface area contributed by atoms with Gasteiger partial charge in [0.15, 0.2) is 0 Å². The lowest BCUT2D eigenvalue weighted by molar-refractivity contribution is 0.108. The van der Waals surface area contributed by atoms with Crippen LogP contribution in [0.2, 0.25) is 0 Å². The van der Waals surface area contributed by atoms with Crippen molar-refractivity contribution in [1.29, 1.82) is 0 Å². The number of likely N-dealkylation sites (N-methyl/N-ethyl adjacent to an activating group) is 2. The molecule has 1 N–H and O–H groups in total. The summed E-state index contributed by atoms with van der Waals surface area (Å²) in [5.74, 6) is 0.873. The van der Waals surface area contributed by atoms with Crippen LogP contribution < -0.4 is 5.32 Å². The van der Waals surface area contributed by atoms with Gasteiger partial charge in [-0.3, -0.25) is 0 Å². The minimum Gasteiger partial charge on any atom is -0.315 e. The summed E-state index contributed by atoms with van der Waals surface area (Å²) in [5, 5.41) is 3.52. The van der Waals surface area contributed by atoms with E-state index in [2.05, 4.69) is 45.2 Å². The summed E-state index contributed by atoms with van der Waals surface area (Å²) in [6, 6.07) is 0.625. The van der Waals surface area contributed by atoms with Crippen LogP contribution in [0.25, 0.3) is 0 Å². The van der Waals surface area contributed by atoms with Crippen molar-refractivity contribution in [3.8, 4) is 0 Å². The number of hydrogen-bond acceptors (Lipinski definition) is 2. The Kier molecular flexibility index (Phi) is 3.96. The topological polar surface area (TPSA) is 15.3 Å². The van der Waals surface area contributed by atoms with Gasteiger partial charge in [0.1, 0.15) is 0 Å². The van der Waals surface area contributed by atoms with E-state index in [4.69, 9.17) is 0 Å². The van der Waals surface area contributed by atoms with Crippen LogP contribution in [-0.4, -0.2) is 37.6 Å². The molecule has 0 amide bonds. The van der Waals surface area contributed by atoms with Crippen LogP contribution in [-0.2, 0) is 0 Å². The van der Waals surface area contributed by atoms with Crippen LogP contribution in [0.1, 0.15) is 39.5 Å². The Morgan fingerprint density at radius 1 is 1.21 bits per heavy atom. The molecule has 0 aromatic heterocycles. The van der Waals surface area contributed by atoms with Crippen LogP contribution in [0.5, 0.6) is 0 Å². The molecular weight excluding hydrogens is 172 g/mol. The van der Waals surface area contributed by atoms with Crippen molar-refractivity contribution >= 4 is 0 Å². The molecule has 1 aliphatic carbocycles. The van der Waals surface area contributed by atoms with Gasteiger partial charge < -0.3 is 10.2 Å². The summed E-state index contributed by atoms with van der Waals surface area (Å²) in [5.41, 5.74) is 0.254. The van der Waals surface area contributed by atoms with Crippen LogP contribution in [0, 0.1) is 5.92 Å². The fourth-order valence-electron chi connectivity index (χ4n) is 2.73. The Morgan fingerprint density at radius 3 is 2.07 bits per heavy atom. The van der Waals surface area contributed by atoms with E-state index < -0.39 is 0 Å². The predicted octanol–water partition coefficient (Wildman–Crippen LogP) is 2.10. The molecule has 0 spiro atoms. The van der Waals surface area contributed by atoms with Gasteiger partial charge in [0.05, 0.1) is 0 Å². The lowest BCUT2D eigenvalue weighted by Gasteiger charge is -2.43. The van der Waals surface area contributed by atoms with Gasteiger partial charge in [0.2, 0.25) is 0 Å². The van der Waals surface area contributed by atoms with E-state index in [1.54, 1.807) is 0 Å². The molecule has 0 saturated heterocycles. The highest BCUT2D eigenvalue weighted by atomic mass is 15.2. The van der Waals surface area contributed by atoms with Gasteiger partial charge in [0.25, 0.3) is 0 Å². The van der Waals surface area contributed by atoms with Crippen molar-refractivity contribution in [3.63, 3.8) is 0 Å². The van der Waals surface area contributed by atoms with E-state index in [-0.39, 0.29) is 5.54 Å². The molecule has 84 valence electrons. The zero-order chi connectivity index (χ0) is 10.8. The van der Waals surface area contributed by atoms with Gasteiger partial charge >= 0.3 is 0 Å². The zero-order valence-electron chi connectivity index (χ0n) is 10.4. The molecule has 0 heterocycles. The maximum absolute atomic E-state index is 3.52. The molecule has 0 aromatic rings. The van der Waals surface area contributed by atoms with E-state index >= 15 is 0 Å². The lowest BCUT2D eigenvalue weighted by Crippen LogP contribution is -2.57. The van der Waals surface area contributed by atoms with Crippen LogP contribution in [0.15, 0.2) is 0 Å². The summed E-state index contributed by atoms with van der Waals surface area (Å²) >= 11 is 0. The van der Waals surface area contributed by atoms with Gasteiger partial charge in [-0.15, -0.1) is 0 Å².